The number of alkyl halides is 1. The molecule has 0 aromatic heterocycles. The van der Waals surface area contributed by atoms with E-state index in [1.807, 2.05) is 0 Å². The van der Waals surface area contributed by atoms with Crippen LogP contribution in [0.2, 0.25) is 0 Å². The zero-order chi connectivity index (χ0) is 15.1. The molecular formula is C13H16Br2N2O3. The standard InChI is InChI=1S/C13H16Br2N2O3/c1-2-9(3-4-14)8-16-13(18)10-5-11(15)7-12(6-10)17(19)20/h5-7,9H,2-4,8H2,1H3,(H,16,18). The number of hydrogen-bond acceptors (Lipinski definition) is 3. The van der Waals surface area contributed by atoms with Gasteiger partial charge in [-0.2, -0.15) is 0 Å². The first-order valence-electron chi connectivity index (χ1n) is 6.27. The summed E-state index contributed by atoms with van der Waals surface area (Å²) in [5, 5.41) is 14.5. The highest BCUT2D eigenvalue weighted by molar-refractivity contribution is 9.10. The SMILES string of the molecule is CCC(CCBr)CNC(=O)c1cc(Br)cc([N+](=O)[O-])c1. The molecule has 20 heavy (non-hydrogen) atoms. The number of carbonyl (C=O) groups is 1. The summed E-state index contributed by atoms with van der Waals surface area (Å²) in [5.41, 5.74) is 0.191. The summed E-state index contributed by atoms with van der Waals surface area (Å²) in [7, 11) is 0. The summed E-state index contributed by atoms with van der Waals surface area (Å²) in [6, 6.07) is 4.23. The first-order valence-corrected chi connectivity index (χ1v) is 8.18. The highest BCUT2D eigenvalue weighted by atomic mass is 79.9. The van der Waals surface area contributed by atoms with Gasteiger partial charge in [0.2, 0.25) is 0 Å². The fourth-order valence-electron chi connectivity index (χ4n) is 1.75. The van der Waals surface area contributed by atoms with Gasteiger partial charge in [0.25, 0.3) is 11.6 Å². The zero-order valence-corrected chi connectivity index (χ0v) is 14.2. The van der Waals surface area contributed by atoms with Gasteiger partial charge in [0.15, 0.2) is 0 Å². The first-order chi connectivity index (χ1) is 9.47. The van der Waals surface area contributed by atoms with Crippen molar-refractivity contribution < 1.29 is 9.72 Å². The molecule has 0 aliphatic heterocycles. The average molecular weight is 408 g/mol. The van der Waals surface area contributed by atoms with Crippen LogP contribution in [0.5, 0.6) is 0 Å². The number of nitro benzene ring substituents is 1. The summed E-state index contributed by atoms with van der Waals surface area (Å²) in [6.45, 7) is 2.64. The first kappa shape index (κ1) is 17.1. The van der Waals surface area contributed by atoms with E-state index < -0.39 is 4.92 Å². The number of rotatable bonds is 7. The molecule has 1 amide bonds. The molecule has 1 N–H and O–H groups in total. The quantitative estimate of drug-likeness (QED) is 0.423. The second-order valence-electron chi connectivity index (χ2n) is 4.42. The summed E-state index contributed by atoms with van der Waals surface area (Å²) in [4.78, 5) is 22.3. The monoisotopic (exact) mass is 406 g/mol. The Morgan fingerprint density at radius 2 is 2.15 bits per heavy atom. The van der Waals surface area contributed by atoms with Gasteiger partial charge in [0.05, 0.1) is 4.92 Å². The van der Waals surface area contributed by atoms with Crippen molar-refractivity contribution in [3.05, 3.63) is 38.3 Å². The molecule has 1 rings (SSSR count). The molecule has 0 aliphatic carbocycles. The van der Waals surface area contributed by atoms with Crippen LogP contribution in [0.1, 0.15) is 30.1 Å². The van der Waals surface area contributed by atoms with Crippen molar-refractivity contribution >= 4 is 43.5 Å². The summed E-state index contributed by atoms with van der Waals surface area (Å²) < 4.78 is 0.518. The van der Waals surface area contributed by atoms with Crippen LogP contribution < -0.4 is 5.32 Å². The van der Waals surface area contributed by atoms with E-state index >= 15 is 0 Å². The van der Waals surface area contributed by atoms with Gasteiger partial charge < -0.3 is 5.32 Å². The predicted octanol–water partition coefficient (Wildman–Crippen LogP) is 3.90. The molecule has 0 radical (unpaired) electrons. The molecule has 1 aromatic rings. The topological polar surface area (TPSA) is 72.2 Å². The van der Waals surface area contributed by atoms with Crippen molar-refractivity contribution in [1.82, 2.24) is 5.32 Å². The number of amides is 1. The minimum Gasteiger partial charge on any atom is -0.352 e. The zero-order valence-electron chi connectivity index (χ0n) is 11.1. The molecule has 0 aliphatic rings. The van der Waals surface area contributed by atoms with Crippen LogP contribution in [0, 0.1) is 16.0 Å². The van der Waals surface area contributed by atoms with Crippen molar-refractivity contribution in [1.29, 1.82) is 0 Å². The fourth-order valence-corrected chi connectivity index (χ4v) is 2.88. The van der Waals surface area contributed by atoms with Crippen LogP contribution in [-0.4, -0.2) is 22.7 Å². The summed E-state index contributed by atoms with van der Waals surface area (Å²) in [5.74, 6) is 0.114. The lowest BCUT2D eigenvalue weighted by molar-refractivity contribution is -0.385. The Morgan fingerprint density at radius 1 is 1.45 bits per heavy atom. The molecule has 0 saturated carbocycles. The largest absolute Gasteiger partial charge is 0.352 e. The molecule has 5 nitrogen and oxygen atoms in total. The van der Waals surface area contributed by atoms with Crippen LogP contribution in [0.15, 0.2) is 22.7 Å². The highest BCUT2D eigenvalue weighted by Crippen LogP contribution is 2.21. The van der Waals surface area contributed by atoms with Gasteiger partial charge in [0, 0.05) is 34.0 Å². The lowest BCUT2D eigenvalue weighted by Gasteiger charge is -2.14. The Bertz CT molecular complexity index is 495. The van der Waals surface area contributed by atoms with Crippen molar-refractivity contribution in [2.75, 3.05) is 11.9 Å². The normalized spacial score (nSPS) is 11.9. The number of benzene rings is 1. The molecule has 0 spiro atoms. The third-order valence-corrected chi connectivity index (χ3v) is 3.92. The maximum atomic E-state index is 12.0. The van der Waals surface area contributed by atoms with Crippen molar-refractivity contribution in [2.45, 2.75) is 19.8 Å². The van der Waals surface area contributed by atoms with E-state index in [9.17, 15) is 14.9 Å². The highest BCUT2D eigenvalue weighted by Gasteiger charge is 2.15. The van der Waals surface area contributed by atoms with Crippen LogP contribution in [-0.2, 0) is 0 Å². The predicted molar refractivity (Wildman–Crippen MR) is 85.3 cm³/mol. The smallest absolute Gasteiger partial charge is 0.271 e. The van der Waals surface area contributed by atoms with E-state index in [1.165, 1.54) is 12.1 Å². The lowest BCUT2D eigenvalue weighted by atomic mass is 10.0. The van der Waals surface area contributed by atoms with Gasteiger partial charge in [-0.05, 0) is 18.4 Å². The summed E-state index contributed by atoms with van der Waals surface area (Å²) in [6.07, 6.45) is 1.96. The van der Waals surface area contributed by atoms with Crippen LogP contribution in [0.3, 0.4) is 0 Å². The van der Waals surface area contributed by atoms with Crippen LogP contribution in [0.4, 0.5) is 5.69 Å². The molecule has 0 heterocycles. The van der Waals surface area contributed by atoms with Gasteiger partial charge in [0.1, 0.15) is 0 Å². The van der Waals surface area contributed by atoms with E-state index in [0.717, 1.165) is 18.2 Å². The minimum absolute atomic E-state index is 0.1000. The third-order valence-electron chi connectivity index (χ3n) is 3.00. The Balaban J connectivity index is 2.74. The minimum atomic E-state index is -0.513. The lowest BCUT2D eigenvalue weighted by Crippen LogP contribution is -2.29. The number of hydrogen-bond donors (Lipinski definition) is 1. The molecule has 0 fully saturated rings. The number of carbonyl (C=O) groups excluding carboxylic acids is 1. The Labute approximate surface area is 134 Å². The average Bonchev–Trinajstić information content (AvgIpc) is 2.42. The van der Waals surface area contributed by atoms with E-state index in [1.54, 1.807) is 6.07 Å². The molecule has 1 atom stereocenters. The van der Waals surface area contributed by atoms with Gasteiger partial charge in [-0.15, -0.1) is 0 Å². The van der Waals surface area contributed by atoms with Crippen molar-refractivity contribution in [3.63, 3.8) is 0 Å². The molecule has 0 saturated heterocycles. The Morgan fingerprint density at radius 3 is 2.70 bits per heavy atom. The number of nitrogens with zero attached hydrogens (tertiary/aromatic N) is 1. The fraction of sp³-hybridized carbons (Fsp3) is 0.462. The van der Waals surface area contributed by atoms with Crippen molar-refractivity contribution in [3.8, 4) is 0 Å². The molecular weight excluding hydrogens is 392 g/mol. The molecule has 7 heteroatoms. The van der Waals surface area contributed by atoms with Gasteiger partial charge in [-0.25, -0.2) is 0 Å². The molecule has 0 bridgehead atoms. The van der Waals surface area contributed by atoms with Crippen molar-refractivity contribution in [2.24, 2.45) is 5.92 Å². The number of non-ortho nitro benzene ring substituents is 1. The van der Waals surface area contributed by atoms with Crippen LogP contribution >= 0.6 is 31.9 Å². The molecule has 1 aromatic carbocycles. The molecule has 1 unspecified atom stereocenters. The third kappa shape index (κ3) is 5.20. The second-order valence-corrected chi connectivity index (χ2v) is 6.13. The number of nitrogens with one attached hydrogen (secondary N) is 1. The maximum absolute atomic E-state index is 12.0. The van der Waals surface area contributed by atoms with Gasteiger partial charge in [-0.1, -0.05) is 45.2 Å². The number of halogens is 2. The van der Waals surface area contributed by atoms with E-state index in [-0.39, 0.29) is 11.6 Å². The van der Waals surface area contributed by atoms with E-state index in [4.69, 9.17) is 0 Å². The summed E-state index contributed by atoms with van der Waals surface area (Å²) >= 11 is 6.56. The molecule has 110 valence electrons. The van der Waals surface area contributed by atoms with E-state index in [0.29, 0.717) is 22.5 Å². The van der Waals surface area contributed by atoms with Gasteiger partial charge >= 0.3 is 0 Å². The maximum Gasteiger partial charge on any atom is 0.271 e. The van der Waals surface area contributed by atoms with E-state index in [2.05, 4.69) is 44.1 Å². The van der Waals surface area contributed by atoms with Gasteiger partial charge in [-0.3, -0.25) is 14.9 Å². The number of nitro groups is 1. The van der Waals surface area contributed by atoms with Crippen LogP contribution in [0.25, 0.3) is 0 Å². The second kappa shape index (κ2) is 8.36. The Hall–Kier alpha value is -0.950. The Kier molecular flexibility index (Phi) is 7.15.